The Balaban J connectivity index is 1.59. The summed E-state index contributed by atoms with van der Waals surface area (Å²) in [5.41, 5.74) is 0. The lowest BCUT2D eigenvalue weighted by molar-refractivity contribution is 0.0306. The van der Waals surface area contributed by atoms with Crippen LogP contribution < -0.4 is 5.32 Å². The molecule has 5 atom stereocenters. The summed E-state index contributed by atoms with van der Waals surface area (Å²) >= 11 is 0. The Morgan fingerprint density at radius 2 is 1.45 bits per heavy atom. The van der Waals surface area contributed by atoms with E-state index in [4.69, 9.17) is 0 Å². The van der Waals surface area contributed by atoms with Crippen LogP contribution >= 0.6 is 0 Å². The lowest BCUT2D eigenvalue weighted by Crippen LogP contribution is -2.54. The van der Waals surface area contributed by atoms with E-state index in [-0.39, 0.29) is 0 Å². The molecule has 20 heavy (non-hydrogen) atoms. The van der Waals surface area contributed by atoms with Crippen LogP contribution in [-0.2, 0) is 0 Å². The average Bonchev–Trinajstić information content (AvgIpc) is 2.71. The summed E-state index contributed by atoms with van der Waals surface area (Å²) in [5, 5.41) is 3.78. The Labute approximate surface area is 125 Å². The number of rotatable bonds is 4. The standard InChI is InChI=1S/C18H34N2/c1-4-9-19-15-11-17-7-8-18(12-15)20(17)16-6-5-13(2)14(3)10-16/h13-19H,4-12H2,1-3H3. The van der Waals surface area contributed by atoms with Gasteiger partial charge >= 0.3 is 0 Å². The molecule has 0 amide bonds. The molecule has 116 valence electrons. The molecule has 2 bridgehead atoms. The smallest absolute Gasteiger partial charge is 0.0116 e. The third-order valence-corrected chi connectivity index (χ3v) is 6.46. The molecule has 0 aromatic heterocycles. The van der Waals surface area contributed by atoms with E-state index in [2.05, 4.69) is 31.0 Å². The number of hydrogen-bond acceptors (Lipinski definition) is 2. The predicted molar refractivity (Wildman–Crippen MR) is 85.9 cm³/mol. The number of fused-ring (bicyclic) bond motifs is 2. The summed E-state index contributed by atoms with van der Waals surface area (Å²) in [4.78, 5) is 2.98. The molecule has 3 aliphatic rings. The molecule has 5 unspecified atom stereocenters. The maximum atomic E-state index is 3.78. The van der Waals surface area contributed by atoms with Crippen molar-refractivity contribution in [1.29, 1.82) is 0 Å². The molecule has 3 fully saturated rings. The highest BCUT2D eigenvalue weighted by Gasteiger charge is 2.44. The first kappa shape index (κ1) is 14.8. The second-order valence-corrected chi connectivity index (χ2v) is 7.88. The Bertz CT molecular complexity index is 303. The van der Waals surface area contributed by atoms with E-state index in [0.29, 0.717) is 0 Å². The van der Waals surface area contributed by atoms with Crippen molar-refractivity contribution in [2.45, 2.75) is 96.3 Å². The molecule has 1 aliphatic carbocycles. The van der Waals surface area contributed by atoms with Crippen molar-refractivity contribution in [2.24, 2.45) is 11.8 Å². The summed E-state index contributed by atoms with van der Waals surface area (Å²) in [5.74, 6) is 1.89. The fourth-order valence-corrected chi connectivity index (χ4v) is 5.11. The van der Waals surface area contributed by atoms with Crippen molar-refractivity contribution < 1.29 is 0 Å². The lowest BCUT2D eigenvalue weighted by Gasteiger charge is -2.47. The molecule has 0 spiro atoms. The summed E-state index contributed by atoms with van der Waals surface area (Å²) < 4.78 is 0. The maximum absolute atomic E-state index is 3.78. The Morgan fingerprint density at radius 3 is 2.05 bits per heavy atom. The molecule has 2 nitrogen and oxygen atoms in total. The highest BCUT2D eigenvalue weighted by molar-refractivity contribution is 5.01. The molecule has 2 saturated heterocycles. The van der Waals surface area contributed by atoms with E-state index in [0.717, 1.165) is 36.0 Å². The Kier molecular flexibility index (Phi) is 4.72. The second kappa shape index (κ2) is 6.36. The summed E-state index contributed by atoms with van der Waals surface area (Å²) in [6.45, 7) is 8.42. The van der Waals surface area contributed by atoms with Crippen molar-refractivity contribution in [1.82, 2.24) is 10.2 Å². The molecule has 0 aromatic rings. The molecule has 1 N–H and O–H groups in total. The molecule has 0 radical (unpaired) electrons. The van der Waals surface area contributed by atoms with Gasteiger partial charge < -0.3 is 5.32 Å². The van der Waals surface area contributed by atoms with Gasteiger partial charge in [-0.05, 0) is 69.7 Å². The van der Waals surface area contributed by atoms with Gasteiger partial charge in [-0.25, -0.2) is 0 Å². The number of piperidine rings is 1. The zero-order chi connectivity index (χ0) is 14.1. The zero-order valence-electron chi connectivity index (χ0n) is 13.8. The van der Waals surface area contributed by atoms with Gasteiger partial charge in [-0.1, -0.05) is 20.8 Å². The molecule has 2 aliphatic heterocycles. The van der Waals surface area contributed by atoms with Crippen molar-refractivity contribution in [3.63, 3.8) is 0 Å². The van der Waals surface area contributed by atoms with Crippen LogP contribution in [0.15, 0.2) is 0 Å². The predicted octanol–water partition coefficient (Wildman–Crippen LogP) is 3.81. The highest BCUT2D eigenvalue weighted by Crippen LogP contribution is 2.42. The molecule has 2 heteroatoms. The second-order valence-electron chi connectivity index (χ2n) is 7.88. The maximum Gasteiger partial charge on any atom is 0.0116 e. The van der Waals surface area contributed by atoms with Gasteiger partial charge in [0.25, 0.3) is 0 Å². The van der Waals surface area contributed by atoms with Gasteiger partial charge in [0.05, 0.1) is 0 Å². The topological polar surface area (TPSA) is 15.3 Å². The molecule has 3 rings (SSSR count). The SMILES string of the molecule is CCCNC1CC2CCC(C1)N2C1CCC(C)C(C)C1. The fraction of sp³-hybridized carbons (Fsp3) is 1.00. The van der Waals surface area contributed by atoms with Gasteiger partial charge in [-0.3, -0.25) is 4.90 Å². The van der Waals surface area contributed by atoms with Crippen molar-refractivity contribution in [2.75, 3.05) is 6.54 Å². The highest BCUT2D eigenvalue weighted by atomic mass is 15.3. The Hall–Kier alpha value is -0.0800. The minimum absolute atomic E-state index is 0.809. The summed E-state index contributed by atoms with van der Waals surface area (Å²) in [6.07, 6.45) is 11.4. The first-order valence-electron chi connectivity index (χ1n) is 9.19. The van der Waals surface area contributed by atoms with Crippen LogP contribution in [0.2, 0.25) is 0 Å². The summed E-state index contributed by atoms with van der Waals surface area (Å²) in [6, 6.07) is 3.51. The first-order valence-corrected chi connectivity index (χ1v) is 9.19. The van der Waals surface area contributed by atoms with Crippen LogP contribution in [0.1, 0.15) is 72.1 Å². The fourth-order valence-electron chi connectivity index (χ4n) is 5.11. The van der Waals surface area contributed by atoms with E-state index in [1.807, 2.05) is 0 Å². The third kappa shape index (κ3) is 2.92. The largest absolute Gasteiger partial charge is 0.314 e. The Morgan fingerprint density at radius 1 is 0.850 bits per heavy atom. The summed E-state index contributed by atoms with van der Waals surface area (Å²) in [7, 11) is 0. The number of nitrogens with zero attached hydrogens (tertiary/aromatic N) is 1. The van der Waals surface area contributed by atoms with Gasteiger partial charge in [0, 0.05) is 24.2 Å². The van der Waals surface area contributed by atoms with Crippen LogP contribution in [0.25, 0.3) is 0 Å². The van der Waals surface area contributed by atoms with Gasteiger partial charge in [-0.15, -0.1) is 0 Å². The third-order valence-electron chi connectivity index (χ3n) is 6.46. The molecular weight excluding hydrogens is 244 g/mol. The van der Waals surface area contributed by atoms with Crippen molar-refractivity contribution in [3.05, 3.63) is 0 Å². The van der Waals surface area contributed by atoms with E-state index >= 15 is 0 Å². The van der Waals surface area contributed by atoms with E-state index < -0.39 is 0 Å². The van der Waals surface area contributed by atoms with Crippen LogP contribution in [0.4, 0.5) is 0 Å². The van der Waals surface area contributed by atoms with E-state index in [1.54, 1.807) is 0 Å². The van der Waals surface area contributed by atoms with Crippen LogP contribution in [-0.4, -0.2) is 35.6 Å². The quantitative estimate of drug-likeness (QED) is 0.841. The van der Waals surface area contributed by atoms with Crippen LogP contribution in [0.5, 0.6) is 0 Å². The number of nitrogens with one attached hydrogen (secondary N) is 1. The van der Waals surface area contributed by atoms with Gasteiger partial charge in [0.2, 0.25) is 0 Å². The monoisotopic (exact) mass is 278 g/mol. The molecule has 1 saturated carbocycles. The van der Waals surface area contributed by atoms with Crippen LogP contribution in [0.3, 0.4) is 0 Å². The molecular formula is C18H34N2. The van der Waals surface area contributed by atoms with E-state index in [1.165, 1.54) is 57.9 Å². The lowest BCUT2D eigenvalue weighted by atomic mass is 9.77. The normalized spacial score (nSPS) is 45.8. The van der Waals surface area contributed by atoms with Crippen LogP contribution in [0, 0.1) is 11.8 Å². The first-order chi connectivity index (χ1) is 9.69. The minimum Gasteiger partial charge on any atom is -0.314 e. The average molecular weight is 278 g/mol. The van der Waals surface area contributed by atoms with Gasteiger partial charge in [0.1, 0.15) is 0 Å². The zero-order valence-corrected chi connectivity index (χ0v) is 13.8. The van der Waals surface area contributed by atoms with Gasteiger partial charge in [-0.2, -0.15) is 0 Å². The van der Waals surface area contributed by atoms with Crippen molar-refractivity contribution in [3.8, 4) is 0 Å². The van der Waals surface area contributed by atoms with Gasteiger partial charge in [0.15, 0.2) is 0 Å². The molecule has 0 aromatic carbocycles. The number of hydrogen-bond donors (Lipinski definition) is 1. The van der Waals surface area contributed by atoms with Crippen molar-refractivity contribution >= 4 is 0 Å². The van der Waals surface area contributed by atoms with E-state index in [9.17, 15) is 0 Å². The molecule has 2 heterocycles. The minimum atomic E-state index is 0.809.